The molecular weight excluding hydrogens is 352 g/mol. The van der Waals surface area contributed by atoms with Crippen molar-refractivity contribution in [1.82, 2.24) is 30.2 Å². The molecule has 26 heavy (non-hydrogen) atoms. The van der Waals surface area contributed by atoms with Crippen LogP contribution in [0.2, 0.25) is 0 Å². The number of hydrogen-bond acceptors (Lipinski definition) is 5. The Morgan fingerprint density at radius 1 is 1.35 bits per heavy atom. The molecule has 1 aliphatic heterocycles. The van der Waals surface area contributed by atoms with E-state index in [4.69, 9.17) is 0 Å². The monoisotopic (exact) mass is 370 g/mol. The number of carbonyl (C=O) groups excluding carboxylic acids is 2. The minimum Gasteiger partial charge on any atom is -0.351 e. The summed E-state index contributed by atoms with van der Waals surface area (Å²) in [6, 6.07) is 5.70. The van der Waals surface area contributed by atoms with Crippen LogP contribution < -0.4 is 5.32 Å². The van der Waals surface area contributed by atoms with Gasteiger partial charge in [0, 0.05) is 24.4 Å². The van der Waals surface area contributed by atoms with Crippen molar-refractivity contribution in [3.05, 3.63) is 46.0 Å². The fourth-order valence-electron chi connectivity index (χ4n) is 2.96. The fraction of sp³-hybridized carbons (Fsp3) is 0.294. The van der Waals surface area contributed by atoms with Gasteiger partial charge in [0.15, 0.2) is 0 Å². The molecule has 4 heterocycles. The highest BCUT2D eigenvalue weighted by Crippen LogP contribution is 2.22. The number of nitrogens with zero attached hydrogens (tertiary/aromatic N) is 4. The van der Waals surface area contributed by atoms with Crippen LogP contribution >= 0.6 is 11.3 Å². The number of carbonyl (C=O) groups is 2. The first kappa shape index (κ1) is 16.5. The normalized spacial score (nSPS) is 13.5. The first-order valence-electron chi connectivity index (χ1n) is 8.27. The molecule has 134 valence electrons. The average Bonchev–Trinajstić information content (AvgIpc) is 3.38. The molecule has 0 saturated heterocycles. The molecule has 9 heteroatoms. The van der Waals surface area contributed by atoms with Crippen molar-refractivity contribution < 1.29 is 9.59 Å². The number of hydrogen-bond donors (Lipinski definition) is 2. The SMILES string of the molecule is CC(=O)NCc1cc2n(n1)CCN(C(=O)c1cc(-c3ccsc3)n[nH]1)C2. The van der Waals surface area contributed by atoms with E-state index in [-0.39, 0.29) is 11.8 Å². The van der Waals surface area contributed by atoms with E-state index >= 15 is 0 Å². The maximum atomic E-state index is 12.8. The van der Waals surface area contributed by atoms with Crippen molar-refractivity contribution in [2.75, 3.05) is 6.54 Å². The lowest BCUT2D eigenvalue weighted by Crippen LogP contribution is -2.38. The zero-order chi connectivity index (χ0) is 18.1. The number of H-pyrrole nitrogens is 1. The molecule has 1 aliphatic rings. The van der Waals surface area contributed by atoms with Gasteiger partial charge in [-0.05, 0) is 23.6 Å². The van der Waals surface area contributed by atoms with Crippen molar-refractivity contribution in [2.24, 2.45) is 0 Å². The molecule has 3 aromatic rings. The van der Waals surface area contributed by atoms with Crippen molar-refractivity contribution in [2.45, 2.75) is 26.6 Å². The van der Waals surface area contributed by atoms with Crippen molar-refractivity contribution in [3.8, 4) is 11.3 Å². The van der Waals surface area contributed by atoms with Crippen molar-refractivity contribution >= 4 is 23.2 Å². The number of nitrogens with one attached hydrogen (secondary N) is 2. The molecule has 2 amide bonds. The lowest BCUT2D eigenvalue weighted by molar-refractivity contribution is -0.119. The second-order valence-electron chi connectivity index (χ2n) is 6.17. The van der Waals surface area contributed by atoms with E-state index in [0.29, 0.717) is 31.9 Å². The van der Waals surface area contributed by atoms with Gasteiger partial charge in [-0.15, -0.1) is 0 Å². The van der Waals surface area contributed by atoms with Gasteiger partial charge in [-0.1, -0.05) is 0 Å². The molecule has 0 unspecified atom stereocenters. The van der Waals surface area contributed by atoms with Crippen LogP contribution in [0.1, 0.15) is 28.8 Å². The quantitative estimate of drug-likeness (QED) is 0.729. The Kier molecular flexibility index (Phi) is 4.29. The highest BCUT2D eigenvalue weighted by atomic mass is 32.1. The minimum absolute atomic E-state index is 0.0742. The van der Waals surface area contributed by atoms with Gasteiger partial charge in [0.25, 0.3) is 5.91 Å². The summed E-state index contributed by atoms with van der Waals surface area (Å²) in [4.78, 5) is 25.6. The molecule has 2 N–H and O–H groups in total. The predicted octanol–water partition coefficient (Wildman–Crippen LogP) is 1.63. The molecule has 3 aromatic heterocycles. The molecular formula is C17H18N6O2S. The number of aromatic amines is 1. The van der Waals surface area contributed by atoms with Gasteiger partial charge in [0.05, 0.1) is 36.7 Å². The maximum Gasteiger partial charge on any atom is 0.272 e. The van der Waals surface area contributed by atoms with Crippen LogP contribution in [0.25, 0.3) is 11.3 Å². The summed E-state index contributed by atoms with van der Waals surface area (Å²) in [6.07, 6.45) is 0. The first-order chi connectivity index (χ1) is 12.6. The molecule has 8 nitrogen and oxygen atoms in total. The summed E-state index contributed by atoms with van der Waals surface area (Å²) in [5.74, 6) is -0.164. The molecule has 4 rings (SSSR count). The van der Waals surface area contributed by atoms with Crippen LogP contribution in [0.5, 0.6) is 0 Å². The van der Waals surface area contributed by atoms with Gasteiger partial charge in [0.1, 0.15) is 5.69 Å². The molecule has 0 spiro atoms. The van der Waals surface area contributed by atoms with Crippen LogP contribution in [0.15, 0.2) is 29.0 Å². The predicted molar refractivity (Wildman–Crippen MR) is 96.4 cm³/mol. The zero-order valence-corrected chi connectivity index (χ0v) is 15.0. The van der Waals surface area contributed by atoms with Gasteiger partial charge >= 0.3 is 0 Å². The Labute approximate surface area is 153 Å². The Balaban J connectivity index is 1.46. The number of amides is 2. The molecule has 0 bridgehead atoms. The van der Waals surface area contributed by atoms with Crippen LogP contribution in [0.3, 0.4) is 0 Å². The summed E-state index contributed by atoms with van der Waals surface area (Å²) in [5.41, 5.74) is 4.02. The third-order valence-electron chi connectivity index (χ3n) is 4.28. The van der Waals surface area contributed by atoms with Crippen LogP contribution in [0, 0.1) is 0 Å². The van der Waals surface area contributed by atoms with Crippen molar-refractivity contribution in [1.29, 1.82) is 0 Å². The molecule has 0 aromatic carbocycles. The van der Waals surface area contributed by atoms with E-state index < -0.39 is 0 Å². The summed E-state index contributed by atoms with van der Waals surface area (Å²) in [5, 5.41) is 18.3. The van der Waals surface area contributed by atoms with Gasteiger partial charge in [-0.25, -0.2) is 0 Å². The van der Waals surface area contributed by atoms with E-state index in [1.807, 2.05) is 27.6 Å². The molecule has 0 radical (unpaired) electrons. The lowest BCUT2D eigenvalue weighted by atomic mass is 10.2. The van der Waals surface area contributed by atoms with E-state index in [2.05, 4.69) is 20.6 Å². The van der Waals surface area contributed by atoms with E-state index in [1.165, 1.54) is 6.92 Å². The van der Waals surface area contributed by atoms with E-state index in [1.54, 1.807) is 22.3 Å². The van der Waals surface area contributed by atoms with E-state index in [9.17, 15) is 9.59 Å². The topological polar surface area (TPSA) is 95.9 Å². The maximum absolute atomic E-state index is 12.8. The molecule has 0 fully saturated rings. The number of aromatic nitrogens is 4. The fourth-order valence-corrected chi connectivity index (χ4v) is 3.61. The molecule has 0 aliphatic carbocycles. The van der Waals surface area contributed by atoms with Crippen LogP contribution in [-0.4, -0.2) is 43.2 Å². The second kappa shape index (κ2) is 6.75. The highest BCUT2D eigenvalue weighted by Gasteiger charge is 2.24. The van der Waals surface area contributed by atoms with Gasteiger partial charge in [-0.3, -0.25) is 19.4 Å². The lowest BCUT2D eigenvalue weighted by Gasteiger charge is -2.27. The highest BCUT2D eigenvalue weighted by molar-refractivity contribution is 7.08. The summed E-state index contributed by atoms with van der Waals surface area (Å²) in [7, 11) is 0. The second-order valence-corrected chi connectivity index (χ2v) is 6.95. The minimum atomic E-state index is -0.0894. The summed E-state index contributed by atoms with van der Waals surface area (Å²) < 4.78 is 1.89. The standard InChI is InChI=1S/C17H18N6O2S/c1-11(24)18-8-13-6-14-9-22(3-4-23(14)21-13)17(25)16-7-15(19-20-16)12-2-5-26-10-12/h2,5-7,10H,3-4,8-9H2,1H3,(H,18,24)(H,19,20). The number of fused-ring (bicyclic) bond motifs is 1. The van der Waals surface area contributed by atoms with Crippen LogP contribution in [-0.2, 0) is 24.4 Å². The first-order valence-corrected chi connectivity index (χ1v) is 9.22. The van der Waals surface area contributed by atoms with Gasteiger partial charge < -0.3 is 10.2 Å². The largest absolute Gasteiger partial charge is 0.351 e. The number of thiophene rings is 1. The van der Waals surface area contributed by atoms with E-state index in [0.717, 1.165) is 22.6 Å². The van der Waals surface area contributed by atoms with Crippen molar-refractivity contribution in [3.63, 3.8) is 0 Å². The summed E-state index contributed by atoms with van der Waals surface area (Å²) in [6.45, 7) is 3.57. The third kappa shape index (κ3) is 3.25. The molecule has 0 atom stereocenters. The molecule has 0 saturated carbocycles. The Hall–Kier alpha value is -2.94. The Morgan fingerprint density at radius 3 is 3.00 bits per heavy atom. The Bertz CT molecular complexity index is 943. The smallest absolute Gasteiger partial charge is 0.272 e. The van der Waals surface area contributed by atoms with Crippen LogP contribution in [0.4, 0.5) is 0 Å². The zero-order valence-electron chi connectivity index (χ0n) is 14.2. The van der Waals surface area contributed by atoms with Gasteiger partial charge in [-0.2, -0.15) is 21.5 Å². The average molecular weight is 370 g/mol. The third-order valence-corrected chi connectivity index (χ3v) is 4.96. The summed E-state index contributed by atoms with van der Waals surface area (Å²) >= 11 is 1.60. The van der Waals surface area contributed by atoms with Gasteiger partial charge in [0.2, 0.25) is 5.91 Å². The Morgan fingerprint density at radius 2 is 2.23 bits per heavy atom. The number of rotatable bonds is 4.